The van der Waals surface area contributed by atoms with Crippen LogP contribution in [-0.4, -0.2) is 138 Å². The van der Waals surface area contributed by atoms with Crippen molar-refractivity contribution in [3.63, 3.8) is 0 Å². The zero-order valence-electron chi connectivity index (χ0n) is 41.9. The molecule has 0 saturated carbocycles. The van der Waals surface area contributed by atoms with Crippen LogP contribution in [0.2, 0.25) is 0 Å². The minimum absolute atomic E-state index is 0.00955. The Bertz CT molecular complexity index is 2600. The number of fused-ring (bicyclic) bond motifs is 1. The third kappa shape index (κ3) is 20.2. The predicted octanol–water partition coefficient (Wildman–Crippen LogP) is -3.92. The van der Waals surface area contributed by atoms with Crippen molar-refractivity contribution >= 4 is 81.9 Å². The second-order valence-corrected chi connectivity index (χ2v) is 18.1. The molecule has 1 saturated heterocycles. The fourth-order valence-electron chi connectivity index (χ4n) is 8.13. The average molecular weight is 1060 g/mol. The van der Waals surface area contributed by atoms with E-state index in [2.05, 4.69) is 58.2 Å². The molecule has 0 bridgehead atoms. The summed E-state index contributed by atoms with van der Waals surface area (Å²) in [7, 11) is 0. The fourth-order valence-corrected chi connectivity index (χ4v) is 8.13. The first kappa shape index (κ1) is 59.7. The number of benzene rings is 2. The number of hydrogen-bond donors (Lipinski definition) is 17. The maximum absolute atomic E-state index is 14.5. The van der Waals surface area contributed by atoms with E-state index >= 15 is 0 Å². The molecule has 21 N–H and O–H groups in total. The van der Waals surface area contributed by atoms with Gasteiger partial charge >= 0.3 is 0 Å². The minimum atomic E-state index is -1.81. The minimum Gasteiger partial charge on any atom is -0.370 e. The molecule has 0 radical (unpaired) electrons. The molecule has 1 aliphatic rings. The van der Waals surface area contributed by atoms with Crippen LogP contribution in [0.5, 0.6) is 0 Å². The van der Waals surface area contributed by atoms with Crippen molar-refractivity contribution in [3.05, 3.63) is 71.7 Å². The second-order valence-electron chi connectivity index (χ2n) is 18.1. The van der Waals surface area contributed by atoms with Gasteiger partial charge in [0.2, 0.25) is 59.1 Å². The Morgan fingerprint density at radius 3 is 1.96 bits per heavy atom. The molecule has 1 fully saturated rings. The van der Waals surface area contributed by atoms with E-state index in [0.29, 0.717) is 22.0 Å². The molecule has 27 nitrogen and oxygen atoms in total. The van der Waals surface area contributed by atoms with Gasteiger partial charge in [-0.05, 0) is 74.3 Å². The Kier molecular flexibility index (Phi) is 23.4. The van der Waals surface area contributed by atoms with Crippen LogP contribution in [0.1, 0.15) is 75.8 Å². The van der Waals surface area contributed by atoms with Gasteiger partial charge in [-0.2, -0.15) is 0 Å². The number of H-pyrrole nitrogens is 1. The second kappa shape index (κ2) is 29.7. The molecular weight excluding hydrogens is 994 g/mol. The molecule has 2 aromatic carbocycles. The normalized spacial score (nSPS) is 20.9. The highest BCUT2D eigenvalue weighted by atomic mass is 19.1. The summed E-state index contributed by atoms with van der Waals surface area (Å²) in [6, 6.07) is 1.44. The monoisotopic (exact) mass is 1060 g/mol. The molecular formula is C48H68FN17O10. The molecule has 28 heteroatoms. The van der Waals surface area contributed by atoms with Crippen molar-refractivity contribution in [2.24, 2.45) is 22.9 Å². The molecule has 0 spiro atoms. The smallest absolute Gasteiger partial charge is 0.243 e. The van der Waals surface area contributed by atoms with Crippen molar-refractivity contribution in [2.75, 3.05) is 19.6 Å². The van der Waals surface area contributed by atoms with E-state index in [1.807, 2.05) is 0 Å². The molecule has 412 valence electrons. The van der Waals surface area contributed by atoms with Gasteiger partial charge in [0, 0.05) is 62.9 Å². The third-order valence-corrected chi connectivity index (χ3v) is 12.0. The van der Waals surface area contributed by atoms with Crippen molar-refractivity contribution in [2.45, 2.75) is 120 Å². The summed E-state index contributed by atoms with van der Waals surface area (Å²) in [6.07, 6.45) is -0.451. The van der Waals surface area contributed by atoms with Crippen LogP contribution in [-0.2, 0) is 60.8 Å². The lowest BCUT2D eigenvalue weighted by molar-refractivity contribution is -0.136. The molecule has 4 rings (SSSR count). The Morgan fingerprint density at radius 2 is 1.32 bits per heavy atom. The van der Waals surface area contributed by atoms with Crippen LogP contribution in [0.4, 0.5) is 4.39 Å². The van der Waals surface area contributed by atoms with E-state index in [0.717, 1.165) is 19.1 Å². The maximum atomic E-state index is 14.5. The molecule has 2 heterocycles. The molecule has 0 aliphatic carbocycles. The van der Waals surface area contributed by atoms with Gasteiger partial charge in [-0.1, -0.05) is 30.3 Å². The molecule has 1 unspecified atom stereocenters. The summed E-state index contributed by atoms with van der Waals surface area (Å²) in [6.45, 7) is 1.24. The topological polar surface area (TPSA) is 459 Å². The van der Waals surface area contributed by atoms with Crippen LogP contribution in [0.15, 0.2) is 54.7 Å². The maximum Gasteiger partial charge on any atom is 0.243 e. The number of nitrogens with one attached hydrogen (secondary N) is 13. The number of rotatable bonds is 18. The first-order valence-corrected chi connectivity index (χ1v) is 24.5. The van der Waals surface area contributed by atoms with Gasteiger partial charge in [-0.25, -0.2) is 4.39 Å². The number of para-hydroxylation sites is 1. The third-order valence-electron chi connectivity index (χ3n) is 12.0. The summed E-state index contributed by atoms with van der Waals surface area (Å²) in [5.74, 6) is -10.4. The highest BCUT2D eigenvalue weighted by Gasteiger charge is 2.35. The van der Waals surface area contributed by atoms with Gasteiger partial charge in [-0.3, -0.25) is 58.8 Å². The lowest BCUT2D eigenvalue weighted by Gasteiger charge is -2.28. The van der Waals surface area contributed by atoms with Crippen LogP contribution in [0, 0.1) is 16.6 Å². The highest BCUT2D eigenvalue weighted by molar-refractivity contribution is 5.99. The Balaban J connectivity index is 1.78. The number of aromatic nitrogens is 1. The first-order chi connectivity index (χ1) is 36.1. The first-order valence-electron chi connectivity index (χ1n) is 24.5. The van der Waals surface area contributed by atoms with E-state index in [1.54, 1.807) is 30.5 Å². The number of carbonyl (C=O) groups is 10. The van der Waals surface area contributed by atoms with Gasteiger partial charge in [0.15, 0.2) is 11.9 Å². The summed E-state index contributed by atoms with van der Waals surface area (Å²) < 4.78 is 14.1. The summed E-state index contributed by atoms with van der Waals surface area (Å²) in [5.41, 5.74) is 23.7. The van der Waals surface area contributed by atoms with Gasteiger partial charge < -0.3 is 81.1 Å². The number of aromatic amines is 1. The van der Waals surface area contributed by atoms with Crippen LogP contribution >= 0.6 is 0 Å². The standard InChI is InChI=1S/C48H68FN17O10/c1-25(67)60-32(9-5-19-57-47(52)53)41(71)62-33-10-4-18-56-39(69)17-16-31(40(51)70)61-45(75)36(22-27-24-59-30-8-3-2-7-29(27)30)65-42(72)34(11-6-20-58-48(54)55)63-44(74)35(21-26-12-14-28(49)15-13-26)64-46(76)37(23-38(50)68)66-43(33)73/h2-3,7-8,12-15,24,31-37,59H,4-6,9-11,16-23H2,1H3,(H2,50,68)(H2,51,70)(H,56,69)(H,60,67)(H,61,75)(H,62,71)(H,63,74)(H,64,76)(H,65,72)(H,66,73)(H4,52,53,57)(H4,54,55,58)/t31?,32-,33-,34-,35+,36-,37-/m0/s1. The lowest BCUT2D eigenvalue weighted by Crippen LogP contribution is -2.61. The average Bonchev–Trinajstić information content (AvgIpc) is 3.77. The molecule has 1 aliphatic heterocycles. The summed E-state index contributed by atoms with van der Waals surface area (Å²) >= 11 is 0. The summed E-state index contributed by atoms with van der Waals surface area (Å²) in [4.78, 5) is 139. The Hall–Kier alpha value is -8.85. The van der Waals surface area contributed by atoms with Crippen molar-refractivity contribution in [3.8, 4) is 0 Å². The SMILES string of the molecule is CC(=O)N[C@@H](CCCNC(=N)N)C(=O)N[C@H]1CCCNC(=O)CCC(C(N)=O)NC(=O)[C@H](Cc2c[nH]c3ccccc23)NC(=O)[C@H](CCCNC(=N)N)NC(=O)[C@@H](Cc2ccc(F)cc2)NC(=O)[C@H](CC(N)=O)NC1=O. The molecule has 7 atom stereocenters. The van der Waals surface area contributed by atoms with Crippen molar-refractivity contribution < 1.29 is 52.3 Å². The molecule has 10 amide bonds. The Labute approximate surface area is 436 Å². The zero-order valence-corrected chi connectivity index (χ0v) is 41.9. The van der Waals surface area contributed by atoms with Crippen LogP contribution in [0.3, 0.4) is 0 Å². The largest absolute Gasteiger partial charge is 0.370 e. The molecule has 1 aromatic heterocycles. The quantitative estimate of drug-likeness (QED) is 0.0329. The number of amides is 10. The van der Waals surface area contributed by atoms with E-state index in [1.165, 1.54) is 12.1 Å². The van der Waals surface area contributed by atoms with Gasteiger partial charge in [0.05, 0.1) is 6.42 Å². The van der Waals surface area contributed by atoms with Crippen molar-refractivity contribution in [1.82, 2.24) is 58.2 Å². The van der Waals surface area contributed by atoms with Gasteiger partial charge in [-0.15, -0.1) is 0 Å². The lowest BCUT2D eigenvalue weighted by atomic mass is 10.0. The number of halogens is 1. The predicted molar refractivity (Wildman–Crippen MR) is 274 cm³/mol. The van der Waals surface area contributed by atoms with E-state index in [4.69, 9.17) is 33.8 Å². The number of hydrogen-bond acceptors (Lipinski definition) is 12. The molecule has 3 aromatic rings. The number of carbonyl (C=O) groups excluding carboxylic acids is 10. The molecule has 76 heavy (non-hydrogen) atoms. The van der Waals surface area contributed by atoms with Crippen LogP contribution < -0.4 is 76.1 Å². The van der Waals surface area contributed by atoms with Gasteiger partial charge in [0.25, 0.3) is 0 Å². The van der Waals surface area contributed by atoms with E-state index in [9.17, 15) is 52.3 Å². The highest BCUT2D eigenvalue weighted by Crippen LogP contribution is 2.20. The van der Waals surface area contributed by atoms with E-state index in [-0.39, 0.29) is 95.8 Å². The summed E-state index contributed by atoms with van der Waals surface area (Å²) in [5, 5.41) is 41.3. The number of nitrogens with two attached hydrogens (primary N) is 4. The number of guanidine groups is 2. The van der Waals surface area contributed by atoms with E-state index < -0.39 is 114 Å². The number of primary amides is 2. The van der Waals surface area contributed by atoms with Crippen molar-refractivity contribution in [1.29, 1.82) is 10.8 Å². The fraction of sp³-hybridized carbons (Fsp3) is 0.458. The Morgan fingerprint density at radius 1 is 0.724 bits per heavy atom. The van der Waals surface area contributed by atoms with Crippen LogP contribution in [0.25, 0.3) is 10.9 Å². The van der Waals surface area contributed by atoms with Gasteiger partial charge in [0.1, 0.15) is 48.1 Å². The zero-order chi connectivity index (χ0) is 55.9.